The van der Waals surface area contributed by atoms with Gasteiger partial charge in [0, 0.05) is 6.54 Å². The average Bonchev–Trinajstić information content (AvgIpc) is 2.74. The molecule has 1 aromatic heterocycles. The molecule has 0 saturated carbocycles. The fraction of sp³-hybridized carbons (Fsp3) is 0.700. The Morgan fingerprint density at radius 1 is 1.57 bits per heavy atom. The van der Waals surface area contributed by atoms with Crippen molar-refractivity contribution in [3.05, 3.63) is 17.8 Å². The largest absolute Gasteiger partial charge is 0.445 e. The van der Waals surface area contributed by atoms with E-state index >= 15 is 0 Å². The van der Waals surface area contributed by atoms with Gasteiger partial charge in [-0.05, 0) is 26.8 Å². The van der Waals surface area contributed by atoms with Crippen LogP contribution in [0.4, 0.5) is 0 Å². The monoisotopic (exact) mass is 196 g/mol. The van der Waals surface area contributed by atoms with Crippen molar-refractivity contribution in [2.24, 2.45) is 0 Å². The van der Waals surface area contributed by atoms with Crippen LogP contribution in [-0.4, -0.2) is 18.1 Å². The van der Waals surface area contributed by atoms with Gasteiger partial charge in [-0.2, -0.15) is 0 Å². The first kappa shape index (κ1) is 9.68. The van der Waals surface area contributed by atoms with Crippen LogP contribution in [0.2, 0.25) is 0 Å². The summed E-state index contributed by atoms with van der Waals surface area (Å²) >= 11 is 0. The molecule has 2 atom stereocenters. The molecule has 1 aliphatic heterocycles. The van der Waals surface area contributed by atoms with Crippen molar-refractivity contribution in [1.82, 2.24) is 10.3 Å². The Morgan fingerprint density at radius 3 is 3.07 bits per heavy atom. The zero-order chi connectivity index (χ0) is 9.97. The van der Waals surface area contributed by atoms with Crippen LogP contribution in [0.25, 0.3) is 0 Å². The molecule has 0 radical (unpaired) electrons. The minimum Gasteiger partial charge on any atom is -0.445 e. The summed E-state index contributed by atoms with van der Waals surface area (Å²) in [6.45, 7) is 2.83. The highest BCUT2D eigenvalue weighted by atomic mass is 16.5. The van der Waals surface area contributed by atoms with E-state index in [1.54, 1.807) is 0 Å². The second-order valence-corrected chi connectivity index (χ2v) is 3.71. The summed E-state index contributed by atoms with van der Waals surface area (Å²) in [4.78, 5) is 4.17. The average molecular weight is 196 g/mol. The first-order valence-corrected chi connectivity index (χ1v) is 5.03. The van der Waals surface area contributed by atoms with E-state index in [0.717, 1.165) is 30.8 Å². The highest BCUT2D eigenvalue weighted by Crippen LogP contribution is 2.33. The molecule has 0 aliphatic carbocycles. The molecule has 1 N–H and O–H groups in total. The molecule has 0 bridgehead atoms. The Bertz CT molecular complexity index is 298. The summed E-state index contributed by atoms with van der Waals surface area (Å²) in [6.07, 6.45) is 4.08. The standard InChI is InChI=1S/C10H16N2O2/c1-7-3-4-9(14-7)10-8(5-11-2)12-6-13-10/h6-7,9,11H,3-5H2,1-2H3. The number of nitrogens with zero attached hydrogens (tertiary/aromatic N) is 1. The van der Waals surface area contributed by atoms with E-state index in [2.05, 4.69) is 17.2 Å². The maximum absolute atomic E-state index is 5.73. The molecule has 0 spiro atoms. The lowest BCUT2D eigenvalue weighted by molar-refractivity contribution is 0.0417. The van der Waals surface area contributed by atoms with Gasteiger partial charge < -0.3 is 14.5 Å². The van der Waals surface area contributed by atoms with Crippen LogP contribution in [0, 0.1) is 0 Å². The zero-order valence-corrected chi connectivity index (χ0v) is 8.62. The maximum atomic E-state index is 5.73. The maximum Gasteiger partial charge on any atom is 0.181 e. The quantitative estimate of drug-likeness (QED) is 0.798. The van der Waals surface area contributed by atoms with Crippen LogP contribution in [-0.2, 0) is 11.3 Å². The van der Waals surface area contributed by atoms with Gasteiger partial charge in [-0.1, -0.05) is 0 Å². The zero-order valence-electron chi connectivity index (χ0n) is 8.62. The predicted octanol–water partition coefficient (Wildman–Crippen LogP) is 1.63. The van der Waals surface area contributed by atoms with E-state index in [4.69, 9.17) is 9.15 Å². The van der Waals surface area contributed by atoms with Crippen molar-refractivity contribution in [2.45, 2.75) is 38.5 Å². The lowest BCUT2D eigenvalue weighted by Crippen LogP contribution is -2.09. The van der Waals surface area contributed by atoms with Crippen molar-refractivity contribution >= 4 is 0 Å². The van der Waals surface area contributed by atoms with Crippen LogP contribution in [0.5, 0.6) is 0 Å². The smallest absolute Gasteiger partial charge is 0.181 e. The van der Waals surface area contributed by atoms with Crippen molar-refractivity contribution in [3.63, 3.8) is 0 Å². The first-order chi connectivity index (χ1) is 6.81. The SMILES string of the molecule is CNCc1ncoc1C1CCC(C)O1. The molecule has 14 heavy (non-hydrogen) atoms. The van der Waals surface area contributed by atoms with Gasteiger partial charge in [-0.15, -0.1) is 0 Å². The predicted molar refractivity (Wildman–Crippen MR) is 51.8 cm³/mol. The minimum atomic E-state index is 0.107. The van der Waals surface area contributed by atoms with E-state index < -0.39 is 0 Å². The third-order valence-electron chi connectivity index (χ3n) is 2.54. The van der Waals surface area contributed by atoms with Crippen molar-refractivity contribution in [3.8, 4) is 0 Å². The highest BCUT2D eigenvalue weighted by Gasteiger charge is 2.28. The Hall–Kier alpha value is -0.870. The number of hydrogen-bond acceptors (Lipinski definition) is 4. The molecule has 2 unspecified atom stereocenters. The number of ether oxygens (including phenoxy) is 1. The normalized spacial score (nSPS) is 27.0. The van der Waals surface area contributed by atoms with E-state index in [-0.39, 0.29) is 6.10 Å². The molecule has 4 nitrogen and oxygen atoms in total. The van der Waals surface area contributed by atoms with E-state index in [0.29, 0.717) is 6.10 Å². The van der Waals surface area contributed by atoms with Gasteiger partial charge >= 0.3 is 0 Å². The van der Waals surface area contributed by atoms with Crippen LogP contribution in [0.1, 0.15) is 37.3 Å². The van der Waals surface area contributed by atoms with Gasteiger partial charge in [0.1, 0.15) is 6.10 Å². The van der Waals surface area contributed by atoms with Crippen molar-refractivity contribution < 1.29 is 9.15 Å². The van der Waals surface area contributed by atoms with Crippen molar-refractivity contribution in [2.75, 3.05) is 7.05 Å². The highest BCUT2D eigenvalue weighted by molar-refractivity contribution is 5.11. The number of oxazole rings is 1. The van der Waals surface area contributed by atoms with Gasteiger partial charge in [-0.25, -0.2) is 4.98 Å². The topological polar surface area (TPSA) is 47.3 Å². The molecule has 2 heterocycles. The number of aromatic nitrogens is 1. The lowest BCUT2D eigenvalue weighted by Gasteiger charge is -2.09. The molecule has 1 saturated heterocycles. The fourth-order valence-corrected chi connectivity index (χ4v) is 1.84. The number of hydrogen-bond donors (Lipinski definition) is 1. The van der Waals surface area contributed by atoms with E-state index in [9.17, 15) is 0 Å². The Balaban J connectivity index is 2.11. The van der Waals surface area contributed by atoms with Crippen LogP contribution >= 0.6 is 0 Å². The van der Waals surface area contributed by atoms with Gasteiger partial charge in [0.25, 0.3) is 0 Å². The summed E-state index contributed by atoms with van der Waals surface area (Å²) in [5.74, 6) is 0.892. The van der Waals surface area contributed by atoms with Crippen LogP contribution < -0.4 is 5.32 Å². The molecule has 2 rings (SSSR count). The second kappa shape index (κ2) is 4.11. The fourth-order valence-electron chi connectivity index (χ4n) is 1.84. The van der Waals surface area contributed by atoms with Gasteiger partial charge in [-0.3, -0.25) is 0 Å². The second-order valence-electron chi connectivity index (χ2n) is 3.71. The molecule has 1 fully saturated rings. The van der Waals surface area contributed by atoms with Gasteiger partial charge in [0.15, 0.2) is 12.2 Å². The Labute approximate surface area is 83.7 Å². The lowest BCUT2D eigenvalue weighted by atomic mass is 10.1. The molecule has 1 aliphatic rings. The molecular weight excluding hydrogens is 180 g/mol. The number of nitrogens with one attached hydrogen (secondary N) is 1. The van der Waals surface area contributed by atoms with Gasteiger partial charge in [0.05, 0.1) is 11.8 Å². The summed E-state index contributed by atoms with van der Waals surface area (Å²) < 4.78 is 11.1. The van der Waals surface area contributed by atoms with Crippen molar-refractivity contribution in [1.29, 1.82) is 0 Å². The molecular formula is C10H16N2O2. The Morgan fingerprint density at radius 2 is 2.43 bits per heavy atom. The summed E-state index contributed by atoms with van der Waals surface area (Å²) in [6, 6.07) is 0. The molecule has 0 amide bonds. The number of rotatable bonds is 3. The molecule has 4 heteroatoms. The summed E-state index contributed by atoms with van der Waals surface area (Å²) in [5, 5.41) is 3.07. The minimum absolute atomic E-state index is 0.107. The Kier molecular flexibility index (Phi) is 2.84. The molecule has 78 valence electrons. The molecule has 0 aromatic carbocycles. The van der Waals surface area contributed by atoms with Crippen LogP contribution in [0.15, 0.2) is 10.8 Å². The summed E-state index contributed by atoms with van der Waals surface area (Å²) in [5.41, 5.74) is 0.964. The third kappa shape index (κ3) is 1.81. The molecule has 1 aromatic rings. The van der Waals surface area contributed by atoms with E-state index in [1.807, 2.05) is 7.05 Å². The summed E-state index contributed by atoms with van der Waals surface area (Å²) in [7, 11) is 1.90. The van der Waals surface area contributed by atoms with Crippen LogP contribution in [0.3, 0.4) is 0 Å². The first-order valence-electron chi connectivity index (χ1n) is 5.03. The van der Waals surface area contributed by atoms with E-state index in [1.165, 1.54) is 6.39 Å². The third-order valence-corrected chi connectivity index (χ3v) is 2.54. The van der Waals surface area contributed by atoms with Gasteiger partial charge in [0.2, 0.25) is 0 Å².